The molecule has 4 rings (SSSR count). The number of carbonyl (C=O) groups is 2. The van der Waals surface area contributed by atoms with Crippen LogP contribution in [0.5, 0.6) is 11.5 Å². The maximum absolute atomic E-state index is 12.7. The highest BCUT2D eigenvalue weighted by Gasteiger charge is 2.22. The molecule has 0 aromatic heterocycles. The number of nitrogens with one attached hydrogen (secondary N) is 1. The van der Waals surface area contributed by atoms with E-state index in [4.69, 9.17) is 14.2 Å². The Bertz CT molecular complexity index is 1060. The van der Waals surface area contributed by atoms with Crippen molar-refractivity contribution < 1.29 is 23.8 Å². The van der Waals surface area contributed by atoms with Gasteiger partial charge < -0.3 is 19.5 Å². The molecule has 1 atom stereocenters. The van der Waals surface area contributed by atoms with Gasteiger partial charge in [0.15, 0.2) is 17.6 Å². The number of hydrogen-bond acceptors (Lipinski definition) is 5. The van der Waals surface area contributed by atoms with E-state index in [9.17, 15) is 9.59 Å². The van der Waals surface area contributed by atoms with Gasteiger partial charge in [-0.05, 0) is 42.7 Å². The smallest absolute Gasteiger partial charge is 0.339 e. The van der Waals surface area contributed by atoms with E-state index in [1.807, 2.05) is 42.5 Å². The highest BCUT2D eigenvalue weighted by Crippen LogP contribution is 2.34. The van der Waals surface area contributed by atoms with E-state index >= 15 is 0 Å². The van der Waals surface area contributed by atoms with Crippen molar-refractivity contribution in [1.82, 2.24) is 0 Å². The van der Waals surface area contributed by atoms with Crippen LogP contribution in [0, 0.1) is 0 Å². The topological polar surface area (TPSA) is 73.9 Å². The second kappa shape index (κ2) is 8.69. The molecule has 0 aliphatic carbocycles. The zero-order chi connectivity index (χ0) is 20.9. The summed E-state index contributed by atoms with van der Waals surface area (Å²) in [6, 6.07) is 22.2. The number of benzene rings is 3. The number of esters is 1. The van der Waals surface area contributed by atoms with Gasteiger partial charge in [0, 0.05) is 11.8 Å². The molecule has 6 nitrogen and oxygen atoms in total. The molecule has 152 valence electrons. The highest BCUT2D eigenvalue weighted by molar-refractivity contribution is 5.98. The first kappa shape index (κ1) is 19.5. The van der Waals surface area contributed by atoms with Gasteiger partial charge in [0.25, 0.3) is 5.91 Å². The molecule has 1 amide bonds. The molecule has 1 aliphatic heterocycles. The van der Waals surface area contributed by atoms with Crippen molar-refractivity contribution in [2.24, 2.45) is 0 Å². The van der Waals surface area contributed by atoms with Crippen molar-refractivity contribution in [3.8, 4) is 11.5 Å². The van der Waals surface area contributed by atoms with Crippen LogP contribution >= 0.6 is 0 Å². The van der Waals surface area contributed by atoms with E-state index in [-0.39, 0.29) is 6.79 Å². The van der Waals surface area contributed by atoms with Crippen LogP contribution in [0.1, 0.15) is 28.4 Å². The van der Waals surface area contributed by atoms with Crippen LogP contribution in [-0.2, 0) is 16.0 Å². The lowest BCUT2D eigenvalue weighted by atomic mass is 10.00. The van der Waals surface area contributed by atoms with Gasteiger partial charge in [-0.25, -0.2) is 4.79 Å². The van der Waals surface area contributed by atoms with Crippen molar-refractivity contribution in [2.75, 3.05) is 12.1 Å². The molecule has 0 saturated carbocycles. The lowest BCUT2D eigenvalue weighted by Crippen LogP contribution is -2.30. The predicted octanol–water partition coefficient (Wildman–Crippen LogP) is 4.19. The number of fused-ring (bicyclic) bond motifs is 1. The van der Waals surface area contributed by atoms with Crippen LogP contribution in [0.4, 0.5) is 5.69 Å². The maximum Gasteiger partial charge on any atom is 0.339 e. The Labute approximate surface area is 174 Å². The zero-order valence-corrected chi connectivity index (χ0v) is 16.5. The van der Waals surface area contributed by atoms with E-state index in [1.165, 1.54) is 0 Å². The second-order valence-corrected chi connectivity index (χ2v) is 6.92. The van der Waals surface area contributed by atoms with E-state index in [0.717, 1.165) is 11.1 Å². The van der Waals surface area contributed by atoms with E-state index in [1.54, 1.807) is 37.3 Å². The van der Waals surface area contributed by atoms with Crippen LogP contribution in [-0.4, -0.2) is 24.8 Å². The van der Waals surface area contributed by atoms with E-state index < -0.39 is 18.0 Å². The Hall–Kier alpha value is -3.80. The Morgan fingerprint density at radius 3 is 2.53 bits per heavy atom. The molecule has 0 radical (unpaired) electrons. The molecule has 3 aromatic carbocycles. The minimum atomic E-state index is -0.965. The Morgan fingerprint density at radius 1 is 0.967 bits per heavy atom. The summed E-state index contributed by atoms with van der Waals surface area (Å²) in [6.45, 7) is 1.70. The Balaban J connectivity index is 1.41. The fraction of sp³-hybridized carbons (Fsp3) is 0.167. The summed E-state index contributed by atoms with van der Waals surface area (Å²) in [7, 11) is 0. The predicted molar refractivity (Wildman–Crippen MR) is 112 cm³/mol. The third-order valence-corrected chi connectivity index (χ3v) is 4.77. The van der Waals surface area contributed by atoms with Gasteiger partial charge >= 0.3 is 5.97 Å². The normalized spacial score (nSPS) is 12.8. The van der Waals surface area contributed by atoms with Gasteiger partial charge in [-0.3, -0.25) is 4.79 Å². The molecule has 0 bridgehead atoms. The fourth-order valence-corrected chi connectivity index (χ4v) is 3.19. The molecular weight excluding hydrogens is 382 g/mol. The number of hydrogen-bond donors (Lipinski definition) is 1. The molecule has 0 fully saturated rings. The summed E-state index contributed by atoms with van der Waals surface area (Å²) in [4.78, 5) is 25.2. The van der Waals surface area contributed by atoms with Gasteiger partial charge in [0.05, 0.1) is 5.56 Å². The van der Waals surface area contributed by atoms with Crippen molar-refractivity contribution >= 4 is 17.6 Å². The van der Waals surface area contributed by atoms with E-state index in [2.05, 4.69) is 5.32 Å². The van der Waals surface area contributed by atoms with Crippen molar-refractivity contribution in [1.29, 1.82) is 0 Å². The molecular formula is C24H21NO5. The van der Waals surface area contributed by atoms with Gasteiger partial charge in [0.2, 0.25) is 6.79 Å². The SMILES string of the molecule is C[C@@H](OC(=O)c1ccccc1Cc1ccccc1)C(=O)Nc1ccc2c(c1)OCO2. The van der Waals surface area contributed by atoms with E-state index in [0.29, 0.717) is 29.2 Å². The summed E-state index contributed by atoms with van der Waals surface area (Å²) < 4.78 is 16.0. The molecule has 1 N–H and O–H groups in total. The summed E-state index contributed by atoms with van der Waals surface area (Å²) >= 11 is 0. The number of rotatable bonds is 6. The van der Waals surface area contributed by atoms with Gasteiger partial charge in [-0.2, -0.15) is 0 Å². The molecule has 0 spiro atoms. The second-order valence-electron chi connectivity index (χ2n) is 6.92. The van der Waals surface area contributed by atoms with Crippen molar-refractivity contribution in [2.45, 2.75) is 19.4 Å². The minimum absolute atomic E-state index is 0.156. The molecule has 6 heteroatoms. The third kappa shape index (κ3) is 4.43. The molecule has 1 heterocycles. The minimum Gasteiger partial charge on any atom is -0.454 e. The average molecular weight is 403 g/mol. The summed E-state index contributed by atoms with van der Waals surface area (Å²) in [5.74, 6) is 0.229. The van der Waals surface area contributed by atoms with Gasteiger partial charge in [0.1, 0.15) is 0 Å². The maximum atomic E-state index is 12.7. The number of ether oxygens (including phenoxy) is 3. The monoisotopic (exact) mass is 403 g/mol. The van der Waals surface area contributed by atoms with Crippen LogP contribution in [0.25, 0.3) is 0 Å². The standard InChI is InChI=1S/C24H21NO5/c1-16(23(26)25-19-11-12-21-22(14-19)29-15-28-21)30-24(27)20-10-6-5-9-18(20)13-17-7-3-2-4-8-17/h2-12,14,16H,13,15H2,1H3,(H,25,26)/t16-/m1/s1. The summed E-state index contributed by atoms with van der Waals surface area (Å²) in [5, 5.41) is 2.73. The first-order valence-corrected chi connectivity index (χ1v) is 9.63. The lowest BCUT2D eigenvalue weighted by Gasteiger charge is -2.15. The summed E-state index contributed by atoms with van der Waals surface area (Å²) in [6.07, 6.45) is -0.364. The first-order chi connectivity index (χ1) is 14.6. The lowest BCUT2D eigenvalue weighted by molar-refractivity contribution is -0.123. The largest absolute Gasteiger partial charge is 0.454 e. The molecule has 0 saturated heterocycles. The quantitative estimate of drug-likeness (QED) is 0.625. The zero-order valence-electron chi connectivity index (χ0n) is 16.5. The number of anilines is 1. The highest BCUT2D eigenvalue weighted by atomic mass is 16.7. The molecule has 1 aliphatic rings. The number of amides is 1. The molecule has 30 heavy (non-hydrogen) atoms. The third-order valence-electron chi connectivity index (χ3n) is 4.77. The summed E-state index contributed by atoms with van der Waals surface area (Å²) in [5.41, 5.74) is 2.92. The van der Waals surface area contributed by atoms with Crippen LogP contribution in [0.2, 0.25) is 0 Å². The van der Waals surface area contributed by atoms with Crippen molar-refractivity contribution in [3.05, 3.63) is 89.5 Å². The number of carbonyl (C=O) groups excluding carboxylic acids is 2. The molecule has 0 unspecified atom stereocenters. The Kier molecular flexibility index (Phi) is 5.66. The Morgan fingerprint density at radius 2 is 1.70 bits per heavy atom. The van der Waals surface area contributed by atoms with Crippen LogP contribution in [0.3, 0.4) is 0 Å². The van der Waals surface area contributed by atoms with Crippen LogP contribution in [0.15, 0.2) is 72.8 Å². The van der Waals surface area contributed by atoms with Gasteiger partial charge in [-0.1, -0.05) is 48.5 Å². The molecule has 3 aromatic rings. The first-order valence-electron chi connectivity index (χ1n) is 9.63. The van der Waals surface area contributed by atoms with Crippen LogP contribution < -0.4 is 14.8 Å². The van der Waals surface area contributed by atoms with Gasteiger partial charge in [-0.15, -0.1) is 0 Å². The average Bonchev–Trinajstić information content (AvgIpc) is 3.22. The fourth-order valence-electron chi connectivity index (χ4n) is 3.19. The van der Waals surface area contributed by atoms with Crippen molar-refractivity contribution in [3.63, 3.8) is 0 Å².